The third-order valence-electron chi connectivity index (χ3n) is 3.86. The minimum absolute atomic E-state index is 0.683. The molecular weight excluding hydrogens is 324 g/mol. The van der Waals surface area contributed by atoms with Gasteiger partial charge in [-0.3, -0.25) is 0 Å². The molecule has 0 saturated heterocycles. The van der Waals surface area contributed by atoms with E-state index >= 15 is 0 Å². The smallest absolute Gasteiger partial charge is 0.0412 e. The Labute approximate surface area is 139 Å². The molecule has 0 aromatic heterocycles. The Kier molecular flexibility index (Phi) is 8.35. The lowest BCUT2D eigenvalue weighted by Gasteiger charge is -2.28. The number of nitrogens with zero attached hydrogens (tertiary/aromatic N) is 1. The summed E-state index contributed by atoms with van der Waals surface area (Å²) in [5, 5.41) is 3.57. The van der Waals surface area contributed by atoms with Crippen LogP contribution in [-0.2, 0) is 6.54 Å². The van der Waals surface area contributed by atoms with E-state index in [4.69, 9.17) is 0 Å². The lowest BCUT2D eigenvalue weighted by Crippen LogP contribution is -2.30. The van der Waals surface area contributed by atoms with E-state index in [1.807, 2.05) is 0 Å². The molecule has 0 radical (unpaired) electrons. The van der Waals surface area contributed by atoms with E-state index in [-0.39, 0.29) is 0 Å². The van der Waals surface area contributed by atoms with Gasteiger partial charge >= 0.3 is 0 Å². The minimum atomic E-state index is 0.683. The Bertz CT molecular complexity index is 418. The van der Waals surface area contributed by atoms with Crippen molar-refractivity contribution in [3.63, 3.8) is 0 Å². The zero-order chi connectivity index (χ0) is 15.8. The quantitative estimate of drug-likeness (QED) is 0.665. The Morgan fingerprint density at radius 2 is 1.90 bits per heavy atom. The molecule has 1 rings (SSSR count). The summed E-state index contributed by atoms with van der Waals surface area (Å²) < 4.78 is 1.16. The first-order valence-electron chi connectivity index (χ1n) is 8.21. The van der Waals surface area contributed by atoms with Crippen molar-refractivity contribution < 1.29 is 0 Å². The Morgan fingerprint density at radius 3 is 2.48 bits per heavy atom. The molecule has 0 aliphatic carbocycles. The maximum absolute atomic E-state index is 3.61. The fourth-order valence-corrected chi connectivity index (χ4v) is 2.81. The van der Waals surface area contributed by atoms with Gasteiger partial charge in [-0.1, -0.05) is 50.0 Å². The first kappa shape index (κ1) is 18.5. The summed E-state index contributed by atoms with van der Waals surface area (Å²) in [6.45, 7) is 15.5. The Hall–Kier alpha value is -0.540. The van der Waals surface area contributed by atoms with Gasteiger partial charge in [-0.2, -0.15) is 0 Å². The Balaban J connectivity index is 2.87. The third-order valence-corrected chi connectivity index (χ3v) is 4.35. The molecule has 1 aromatic carbocycles. The molecule has 0 aliphatic rings. The summed E-state index contributed by atoms with van der Waals surface area (Å²) in [6.07, 6.45) is 1.23. The van der Waals surface area contributed by atoms with Gasteiger partial charge < -0.3 is 10.2 Å². The van der Waals surface area contributed by atoms with Crippen LogP contribution in [0.15, 0.2) is 22.7 Å². The summed E-state index contributed by atoms with van der Waals surface area (Å²) in [7, 11) is 0. The van der Waals surface area contributed by atoms with Crippen molar-refractivity contribution in [2.75, 3.05) is 24.5 Å². The lowest BCUT2D eigenvalue weighted by molar-refractivity contribution is 0.540. The molecule has 3 heteroatoms. The van der Waals surface area contributed by atoms with Crippen LogP contribution >= 0.6 is 15.9 Å². The molecule has 1 aromatic rings. The van der Waals surface area contributed by atoms with Crippen molar-refractivity contribution in [2.45, 2.75) is 47.6 Å². The van der Waals surface area contributed by atoms with Crippen LogP contribution < -0.4 is 10.2 Å². The normalized spacial score (nSPS) is 12.7. The zero-order valence-corrected chi connectivity index (χ0v) is 15.8. The maximum Gasteiger partial charge on any atom is 0.0412 e. The number of rotatable bonds is 9. The number of hydrogen-bond donors (Lipinski definition) is 1. The van der Waals surface area contributed by atoms with Gasteiger partial charge in [-0.05, 0) is 49.1 Å². The molecule has 0 amide bonds. The number of anilines is 1. The van der Waals surface area contributed by atoms with E-state index in [2.05, 4.69) is 79.0 Å². The van der Waals surface area contributed by atoms with Crippen molar-refractivity contribution in [1.29, 1.82) is 0 Å². The number of nitrogens with one attached hydrogen (secondary N) is 1. The second-order valence-corrected chi connectivity index (χ2v) is 7.27. The molecule has 1 unspecified atom stereocenters. The summed E-state index contributed by atoms with van der Waals surface area (Å²) in [4.78, 5) is 2.51. The van der Waals surface area contributed by atoms with Crippen LogP contribution in [0.5, 0.6) is 0 Å². The van der Waals surface area contributed by atoms with Crippen molar-refractivity contribution in [1.82, 2.24) is 5.32 Å². The average molecular weight is 355 g/mol. The number of benzene rings is 1. The zero-order valence-electron chi connectivity index (χ0n) is 14.2. The summed E-state index contributed by atoms with van der Waals surface area (Å²) >= 11 is 3.61. The predicted molar refractivity (Wildman–Crippen MR) is 98.0 cm³/mol. The van der Waals surface area contributed by atoms with Crippen LogP contribution in [0.4, 0.5) is 5.69 Å². The first-order valence-corrected chi connectivity index (χ1v) is 9.01. The summed E-state index contributed by atoms with van der Waals surface area (Å²) in [5.74, 6) is 1.41. The summed E-state index contributed by atoms with van der Waals surface area (Å²) in [6, 6.07) is 6.66. The van der Waals surface area contributed by atoms with E-state index in [9.17, 15) is 0 Å². The highest BCUT2D eigenvalue weighted by Crippen LogP contribution is 2.26. The lowest BCUT2D eigenvalue weighted by atomic mass is 10.1. The van der Waals surface area contributed by atoms with E-state index in [0.29, 0.717) is 5.92 Å². The molecule has 21 heavy (non-hydrogen) atoms. The standard InChI is InChI=1S/C18H31BrN2/c1-6-15(5)13-21(7-2)18-9-8-17(19)10-16(18)12-20-11-14(3)4/h8-10,14-15,20H,6-7,11-13H2,1-5H3. The highest BCUT2D eigenvalue weighted by molar-refractivity contribution is 9.10. The van der Waals surface area contributed by atoms with Gasteiger partial charge in [0.15, 0.2) is 0 Å². The molecule has 1 N–H and O–H groups in total. The van der Waals surface area contributed by atoms with Gasteiger partial charge in [-0.25, -0.2) is 0 Å². The second kappa shape index (κ2) is 9.47. The first-order chi connectivity index (χ1) is 9.97. The van der Waals surface area contributed by atoms with E-state index in [0.717, 1.165) is 36.6 Å². The molecule has 2 nitrogen and oxygen atoms in total. The molecular formula is C18H31BrN2. The molecule has 120 valence electrons. The summed E-state index contributed by atoms with van der Waals surface area (Å²) in [5.41, 5.74) is 2.76. The van der Waals surface area contributed by atoms with Gasteiger partial charge in [0.25, 0.3) is 0 Å². The van der Waals surface area contributed by atoms with Crippen molar-refractivity contribution in [3.05, 3.63) is 28.2 Å². The fourth-order valence-electron chi connectivity index (χ4n) is 2.40. The minimum Gasteiger partial charge on any atom is -0.371 e. The molecule has 1 atom stereocenters. The average Bonchev–Trinajstić information content (AvgIpc) is 2.44. The number of hydrogen-bond acceptors (Lipinski definition) is 2. The van der Waals surface area contributed by atoms with Gasteiger partial charge in [0.1, 0.15) is 0 Å². The number of halogens is 1. The monoisotopic (exact) mass is 354 g/mol. The van der Waals surface area contributed by atoms with E-state index in [1.165, 1.54) is 17.7 Å². The van der Waals surface area contributed by atoms with Crippen LogP contribution in [0, 0.1) is 11.8 Å². The van der Waals surface area contributed by atoms with Crippen LogP contribution in [0.25, 0.3) is 0 Å². The van der Waals surface area contributed by atoms with Gasteiger partial charge in [-0.15, -0.1) is 0 Å². The van der Waals surface area contributed by atoms with Crippen LogP contribution in [0.1, 0.15) is 46.6 Å². The highest BCUT2D eigenvalue weighted by Gasteiger charge is 2.13. The highest BCUT2D eigenvalue weighted by atomic mass is 79.9. The van der Waals surface area contributed by atoms with E-state index < -0.39 is 0 Å². The molecule has 0 bridgehead atoms. The topological polar surface area (TPSA) is 15.3 Å². The van der Waals surface area contributed by atoms with Gasteiger partial charge in [0.2, 0.25) is 0 Å². The Morgan fingerprint density at radius 1 is 1.19 bits per heavy atom. The third kappa shape index (κ3) is 6.39. The second-order valence-electron chi connectivity index (χ2n) is 6.35. The van der Waals surface area contributed by atoms with Crippen LogP contribution in [0.3, 0.4) is 0 Å². The molecule has 0 heterocycles. The largest absolute Gasteiger partial charge is 0.371 e. The van der Waals surface area contributed by atoms with Crippen LogP contribution in [-0.4, -0.2) is 19.6 Å². The molecule has 0 fully saturated rings. The van der Waals surface area contributed by atoms with E-state index in [1.54, 1.807) is 0 Å². The maximum atomic E-state index is 3.61. The van der Waals surface area contributed by atoms with Crippen molar-refractivity contribution in [3.8, 4) is 0 Å². The molecule has 0 spiro atoms. The van der Waals surface area contributed by atoms with Gasteiger partial charge in [0, 0.05) is 29.8 Å². The van der Waals surface area contributed by atoms with Crippen molar-refractivity contribution in [2.24, 2.45) is 11.8 Å². The predicted octanol–water partition coefficient (Wildman–Crippen LogP) is 5.07. The van der Waals surface area contributed by atoms with Crippen LogP contribution in [0.2, 0.25) is 0 Å². The molecule has 0 saturated carbocycles. The fraction of sp³-hybridized carbons (Fsp3) is 0.667. The van der Waals surface area contributed by atoms with Crippen molar-refractivity contribution >= 4 is 21.6 Å². The van der Waals surface area contributed by atoms with Gasteiger partial charge in [0.05, 0.1) is 0 Å². The SMILES string of the molecule is CCC(C)CN(CC)c1ccc(Br)cc1CNCC(C)C. The molecule has 0 aliphatic heterocycles.